The second-order valence-corrected chi connectivity index (χ2v) is 7.82. The van der Waals surface area contributed by atoms with Crippen molar-refractivity contribution in [3.8, 4) is 0 Å². The highest BCUT2D eigenvalue weighted by Crippen LogP contribution is 2.53. The average Bonchev–Trinajstić information content (AvgIpc) is 2.94. The predicted molar refractivity (Wildman–Crippen MR) is 88.0 cm³/mol. The fourth-order valence-corrected chi connectivity index (χ4v) is 3.97. The number of hydrogen-bond donors (Lipinski definition) is 5. The Morgan fingerprint density at radius 1 is 1.29 bits per heavy atom. The molecule has 2 rings (SSSR count). The molecule has 1 aromatic heterocycles. The molecular weight excluding hydrogens is 335 g/mol. The van der Waals surface area contributed by atoms with E-state index in [2.05, 4.69) is 10.1 Å². The summed E-state index contributed by atoms with van der Waals surface area (Å²) in [6, 6.07) is 5.85. The molecule has 9 heteroatoms. The van der Waals surface area contributed by atoms with E-state index in [1.807, 2.05) is 12.1 Å². The van der Waals surface area contributed by atoms with Crippen LogP contribution >= 0.6 is 7.52 Å². The molecule has 0 spiro atoms. The molecule has 0 aliphatic carbocycles. The number of carboxylic acid groups (broad SMARTS) is 2. The van der Waals surface area contributed by atoms with Gasteiger partial charge in [-0.1, -0.05) is 18.2 Å². The van der Waals surface area contributed by atoms with Crippen LogP contribution in [0.15, 0.2) is 30.5 Å². The van der Waals surface area contributed by atoms with Gasteiger partial charge in [-0.05, 0) is 25.0 Å². The quantitative estimate of drug-likeness (QED) is 0.458. The van der Waals surface area contributed by atoms with Crippen LogP contribution in [-0.2, 0) is 14.2 Å². The van der Waals surface area contributed by atoms with Gasteiger partial charge < -0.3 is 20.1 Å². The summed E-state index contributed by atoms with van der Waals surface area (Å²) >= 11 is 0. The molecule has 0 amide bonds. The summed E-state index contributed by atoms with van der Waals surface area (Å²) in [7, 11) is -4.09. The number of carboxylic acids is 2. The minimum Gasteiger partial charge on any atom is -0.481 e. The molecule has 0 fully saturated rings. The largest absolute Gasteiger partial charge is 0.481 e. The van der Waals surface area contributed by atoms with E-state index in [-0.39, 0.29) is 6.42 Å². The summed E-state index contributed by atoms with van der Waals surface area (Å²) in [6.07, 6.45) is 0.925. The maximum absolute atomic E-state index is 12.6. The van der Waals surface area contributed by atoms with Crippen LogP contribution < -0.4 is 5.09 Å². The number of fused-ring (bicyclic) bond motifs is 1. The summed E-state index contributed by atoms with van der Waals surface area (Å²) < 4.78 is 12.6. The van der Waals surface area contributed by atoms with Crippen LogP contribution in [0, 0.1) is 0 Å². The van der Waals surface area contributed by atoms with Crippen LogP contribution in [0.4, 0.5) is 0 Å². The smallest absolute Gasteiger partial charge is 0.321 e. The van der Waals surface area contributed by atoms with Crippen molar-refractivity contribution in [2.24, 2.45) is 0 Å². The van der Waals surface area contributed by atoms with Gasteiger partial charge in [0.1, 0.15) is 6.04 Å². The highest BCUT2D eigenvalue weighted by atomic mass is 31.2. The maximum Gasteiger partial charge on any atom is 0.321 e. The topological polar surface area (TPSA) is 140 Å². The van der Waals surface area contributed by atoms with Gasteiger partial charge in [0.15, 0.2) is 0 Å². The Morgan fingerprint density at radius 2 is 1.96 bits per heavy atom. The van der Waals surface area contributed by atoms with E-state index in [0.29, 0.717) is 5.56 Å². The van der Waals surface area contributed by atoms with Gasteiger partial charge in [-0.25, -0.2) is 5.09 Å². The third-order valence-electron chi connectivity index (χ3n) is 3.88. The van der Waals surface area contributed by atoms with E-state index in [1.165, 1.54) is 6.92 Å². The zero-order valence-corrected chi connectivity index (χ0v) is 13.9. The number of benzene rings is 1. The molecule has 0 aliphatic rings. The molecule has 2 aromatic rings. The lowest BCUT2D eigenvalue weighted by Gasteiger charge is -2.23. The van der Waals surface area contributed by atoms with Gasteiger partial charge in [-0.3, -0.25) is 14.2 Å². The molecule has 3 unspecified atom stereocenters. The Hall–Kier alpha value is -2.15. The van der Waals surface area contributed by atoms with Gasteiger partial charge in [0.25, 0.3) is 7.52 Å². The van der Waals surface area contributed by atoms with Gasteiger partial charge in [0.05, 0.1) is 5.66 Å². The number of aromatic nitrogens is 1. The molecule has 1 aromatic carbocycles. The van der Waals surface area contributed by atoms with Crippen molar-refractivity contribution in [2.75, 3.05) is 0 Å². The Labute approximate surface area is 138 Å². The molecule has 0 aliphatic heterocycles. The third-order valence-corrected chi connectivity index (χ3v) is 5.89. The van der Waals surface area contributed by atoms with Crippen molar-refractivity contribution in [3.63, 3.8) is 0 Å². The molecule has 3 atom stereocenters. The standard InChI is InChI=1S/C15H19N2O6P/c1-9(11-8-16-12-5-3-2-4-10(11)12)24(22,23)17-13(15(20)21)6-7-14(18)19/h2-5,8-9,13,16H,6-7H2,1H3,(H,18,19)(H,20,21)(H2,17,22,23). The molecule has 130 valence electrons. The Bertz CT molecular complexity index is 802. The molecule has 0 saturated carbocycles. The summed E-state index contributed by atoms with van der Waals surface area (Å²) in [5, 5.41) is 20.8. The van der Waals surface area contributed by atoms with Crippen LogP contribution in [0.25, 0.3) is 10.9 Å². The molecule has 0 saturated heterocycles. The lowest BCUT2D eigenvalue weighted by atomic mass is 10.1. The molecular formula is C15H19N2O6P. The fourth-order valence-electron chi connectivity index (χ4n) is 2.47. The Balaban J connectivity index is 2.22. The van der Waals surface area contributed by atoms with E-state index in [9.17, 15) is 19.0 Å². The van der Waals surface area contributed by atoms with E-state index in [1.54, 1.807) is 18.3 Å². The minimum atomic E-state index is -4.09. The molecule has 8 nitrogen and oxygen atoms in total. The number of nitrogens with one attached hydrogen (secondary N) is 2. The third kappa shape index (κ3) is 4.03. The normalized spacial score (nSPS) is 16.4. The van der Waals surface area contributed by atoms with Crippen LogP contribution in [-0.4, -0.2) is 38.1 Å². The number of hydrogen-bond acceptors (Lipinski definition) is 3. The van der Waals surface area contributed by atoms with Gasteiger partial charge in [-0.15, -0.1) is 0 Å². The van der Waals surface area contributed by atoms with Crippen LogP contribution in [0.2, 0.25) is 0 Å². The number of rotatable bonds is 8. The summed E-state index contributed by atoms with van der Waals surface area (Å²) in [5.74, 6) is -2.53. The van der Waals surface area contributed by atoms with Crippen molar-refractivity contribution >= 4 is 30.4 Å². The summed E-state index contributed by atoms with van der Waals surface area (Å²) in [5.41, 5.74) is 0.534. The lowest BCUT2D eigenvalue weighted by molar-refractivity contribution is -0.140. The minimum absolute atomic E-state index is 0.282. The highest BCUT2D eigenvalue weighted by Gasteiger charge is 2.35. The predicted octanol–water partition coefficient (Wildman–Crippen LogP) is 2.32. The SMILES string of the molecule is CC(c1c[nH]c2ccccc12)P(=O)(O)NC(CCC(=O)O)C(=O)O. The summed E-state index contributed by atoms with van der Waals surface area (Å²) in [4.78, 5) is 35.1. The molecule has 0 radical (unpaired) electrons. The van der Waals surface area contributed by atoms with Gasteiger partial charge in [-0.2, -0.15) is 0 Å². The first-order valence-corrected chi connectivity index (χ1v) is 9.06. The van der Waals surface area contributed by atoms with Crippen LogP contribution in [0.5, 0.6) is 0 Å². The molecule has 0 bridgehead atoms. The monoisotopic (exact) mass is 354 g/mol. The van der Waals surface area contributed by atoms with Crippen LogP contribution in [0.1, 0.15) is 31.0 Å². The average molecular weight is 354 g/mol. The van der Waals surface area contributed by atoms with E-state index in [0.717, 1.165) is 10.9 Å². The van der Waals surface area contributed by atoms with E-state index >= 15 is 0 Å². The van der Waals surface area contributed by atoms with Crippen molar-refractivity contribution in [2.45, 2.75) is 31.5 Å². The first-order valence-electron chi connectivity index (χ1n) is 7.33. The molecule has 24 heavy (non-hydrogen) atoms. The maximum atomic E-state index is 12.6. The molecule has 1 heterocycles. The van der Waals surface area contributed by atoms with Gasteiger partial charge in [0, 0.05) is 23.5 Å². The summed E-state index contributed by atoms with van der Waals surface area (Å²) in [6.45, 7) is 1.53. The zero-order chi connectivity index (χ0) is 17.9. The number of aliphatic carboxylic acids is 2. The zero-order valence-electron chi connectivity index (χ0n) is 13.0. The second-order valence-electron chi connectivity index (χ2n) is 5.54. The first kappa shape index (κ1) is 18.2. The highest BCUT2D eigenvalue weighted by molar-refractivity contribution is 7.56. The van der Waals surface area contributed by atoms with E-state index in [4.69, 9.17) is 10.2 Å². The molecule has 5 N–H and O–H groups in total. The van der Waals surface area contributed by atoms with Crippen molar-refractivity contribution in [3.05, 3.63) is 36.0 Å². The van der Waals surface area contributed by atoms with Crippen LogP contribution in [0.3, 0.4) is 0 Å². The lowest BCUT2D eigenvalue weighted by Crippen LogP contribution is -2.35. The van der Waals surface area contributed by atoms with E-state index < -0.39 is 37.6 Å². The number of carbonyl (C=O) groups is 2. The van der Waals surface area contributed by atoms with Gasteiger partial charge >= 0.3 is 11.9 Å². The van der Waals surface area contributed by atoms with Crippen molar-refractivity contribution in [1.29, 1.82) is 0 Å². The number of H-pyrrole nitrogens is 1. The van der Waals surface area contributed by atoms with Gasteiger partial charge in [0.2, 0.25) is 0 Å². The Kier molecular flexibility index (Phi) is 5.43. The first-order chi connectivity index (χ1) is 11.2. The Morgan fingerprint density at radius 3 is 2.58 bits per heavy atom. The van der Waals surface area contributed by atoms with Crippen molar-refractivity contribution < 1.29 is 29.3 Å². The van der Waals surface area contributed by atoms with Crippen molar-refractivity contribution in [1.82, 2.24) is 10.1 Å². The second kappa shape index (κ2) is 7.17. The number of para-hydroxylation sites is 1. The number of aromatic amines is 1. The fraction of sp³-hybridized carbons (Fsp3) is 0.333.